The van der Waals surface area contributed by atoms with Crippen LogP contribution in [-0.2, 0) is 0 Å². The Morgan fingerprint density at radius 3 is 2.67 bits per heavy atom. The summed E-state index contributed by atoms with van der Waals surface area (Å²) in [6.07, 6.45) is 3.15. The molecule has 2 aromatic rings. The van der Waals surface area contributed by atoms with Crippen LogP contribution in [0.4, 0.5) is 10.5 Å². The lowest BCUT2D eigenvalue weighted by molar-refractivity contribution is 0.110. The number of carbonyl (C=O) groups is 1. The molecule has 7 nitrogen and oxygen atoms in total. The summed E-state index contributed by atoms with van der Waals surface area (Å²) >= 11 is 0. The molecule has 0 spiro atoms. The maximum Gasteiger partial charge on any atom is 0.321 e. The zero-order valence-corrected chi connectivity index (χ0v) is 13.5. The lowest BCUT2D eigenvalue weighted by Crippen LogP contribution is -2.43. The summed E-state index contributed by atoms with van der Waals surface area (Å²) in [4.78, 5) is 22.2. The fourth-order valence-corrected chi connectivity index (χ4v) is 2.56. The summed E-state index contributed by atoms with van der Waals surface area (Å²) in [6.45, 7) is 1.29. The first kappa shape index (κ1) is 16.0. The second-order valence-corrected chi connectivity index (χ2v) is 5.48. The summed E-state index contributed by atoms with van der Waals surface area (Å²) in [7, 11) is 1.52. The number of methoxy groups -OCH3 is 1. The van der Waals surface area contributed by atoms with E-state index in [2.05, 4.69) is 15.3 Å². The molecule has 1 aromatic carbocycles. The predicted molar refractivity (Wildman–Crippen MR) is 89.3 cm³/mol. The van der Waals surface area contributed by atoms with Gasteiger partial charge in [-0.1, -0.05) is 18.2 Å². The van der Waals surface area contributed by atoms with Crippen LogP contribution in [0.5, 0.6) is 11.9 Å². The minimum atomic E-state index is -0.0802. The predicted octanol–water partition coefficient (Wildman–Crippen LogP) is 2.56. The van der Waals surface area contributed by atoms with Crippen molar-refractivity contribution >= 4 is 11.7 Å². The van der Waals surface area contributed by atoms with Crippen LogP contribution < -0.4 is 14.8 Å². The van der Waals surface area contributed by atoms with Crippen molar-refractivity contribution in [2.75, 3.05) is 25.5 Å². The number of piperidine rings is 1. The maximum atomic E-state index is 12.3. The summed E-state index contributed by atoms with van der Waals surface area (Å²) in [6, 6.07) is 11.4. The standard InChI is InChI=1S/C17H20N4O3/c1-23-16-18-10-7-15(20-16)24-14-8-11-21(12-9-14)17(22)19-13-5-3-2-4-6-13/h2-7,10,14H,8-9,11-12H2,1H3,(H,19,22). The van der Waals surface area contributed by atoms with Crippen LogP contribution in [-0.4, -0.2) is 47.2 Å². The largest absolute Gasteiger partial charge is 0.474 e. The van der Waals surface area contributed by atoms with Gasteiger partial charge in [-0.05, 0) is 12.1 Å². The number of hydrogen-bond acceptors (Lipinski definition) is 5. The third-order valence-corrected chi connectivity index (χ3v) is 3.83. The number of rotatable bonds is 4. The zero-order chi connectivity index (χ0) is 16.8. The van der Waals surface area contributed by atoms with Gasteiger partial charge in [0.2, 0.25) is 5.88 Å². The third-order valence-electron chi connectivity index (χ3n) is 3.83. The first-order chi connectivity index (χ1) is 11.7. The van der Waals surface area contributed by atoms with E-state index in [1.165, 1.54) is 7.11 Å². The van der Waals surface area contributed by atoms with Crippen LogP contribution >= 0.6 is 0 Å². The number of urea groups is 1. The number of para-hydroxylation sites is 1. The molecule has 1 aliphatic heterocycles. The van der Waals surface area contributed by atoms with Crippen molar-refractivity contribution in [1.29, 1.82) is 0 Å². The average molecular weight is 328 g/mol. The van der Waals surface area contributed by atoms with Gasteiger partial charge >= 0.3 is 12.0 Å². The van der Waals surface area contributed by atoms with E-state index in [0.29, 0.717) is 19.0 Å². The molecule has 1 aliphatic rings. The van der Waals surface area contributed by atoms with Crippen LogP contribution in [0.25, 0.3) is 0 Å². The topological polar surface area (TPSA) is 76.6 Å². The number of benzene rings is 1. The average Bonchev–Trinajstić information content (AvgIpc) is 2.63. The van der Waals surface area contributed by atoms with Gasteiger partial charge in [0.1, 0.15) is 6.10 Å². The Morgan fingerprint density at radius 1 is 1.21 bits per heavy atom. The van der Waals surface area contributed by atoms with Crippen molar-refractivity contribution in [1.82, 2.24) is 14.9 Å². The highest BCUT2D eigenvalue weighted by atomic mass is 16.5. The SMILES string of the molecule is COc1nccc(OC2CCN(C(=O)Nc3ccccc3)CC2)n1. The highest BCUT2D eigenvalue weighted by Crippen LogP contribution is 2.19. The molecule has 0 radical (unpaired) electrons. The molecule has 1 saturated heterocycles. The van der Waals surface area contributed by atoms with Crippen molar-refractivity contribution in [3.05, 3.63) is 42.6 Å². The Morgan fingerprint density at radius 2 is 1.96 bits per heavy atom. The van der Waals surface area contributed by atoms with Crippen LogP contribution in [0.1, 0.15) is 12.8 Å². The van der Waals surface area contributed by atoms with E-state index in [0.717, 1.165) is 18.5 Å². The van der Waals surface area contributed by atoms with E-state index in [1.54, 1.807) is 17.2 Å². The Hall–Kier alpha value is -2.83. The summed E-state index contributed by atoms with van der Waals surface area (Å²) in [5, 5.41) is 2.90. The molecule has 0 saturated carbocycles. The van der Waals surface area contributed by atoms with E-state index in [9.17, 15) is 4.79 Å². The lowest BCUT2D eigenvalue weighted by atomic mass is 10.1. The number of likely N-dealkylation sites (tertiary alicyclic amines) is 1. The molecular formula is C17H20N4O3. The number of amides is 2. The number of nitrogens with one attached hydrogen (secondary N) is 1. The van der Waals surface area contributed by atoms with E-state index in [4.69, 9.17) is 9.47 Å². The van der Waals surface area contributed by atoms with E-state index in [1.807, 2.05) is 30.3 Å². The number of aromatic nitrogens is 2. The van der Waals surface area contributed by atoms with Crippen LogP contribution in [0.2, 0.25) is 0 Å². The maximum absolute atomic E-state index is 12.3. The molecule has 0 aliphatic carbocycles. The Labute approximate surface area is 140 Å². The molecule has 0 atom stereocenters. The van der Waals surface area contributed by atoms with Gasteiger partial charge in [-0.2, -0.15) is 4.98 Å². The van der Waals surface area contributed by atoms with E-state index < -0.39 is 0 Å². The lowest BCUT2D eigenvalue weighted by Gasteiger charge is -2.31. The van der Waals surface area contributed by atoms with E-state index in [-0.39, 0.29) is 18.1 Å². The second kappa shape index (κ2) is 7.63. The molecule has 2 amide bonds. The Balaban J connectivity index is 1.49. The normalized spacial score (nSPS) is 15.0. The van der Waals surface area contributed by atoms with Crippen LogP contribution in [0, 0.1) is 0 Å². The third kappa shape index (κ3) is 4.13. The minimum Gasteiger partial charge on any atom is -0.474 e. The highest BCUT2D eigenvalue weighted by Gasteiger charge is 2.24. The van der Waals surface area contributed by atoms with Gasteiger partial charge in [0.05, 0.1) is 7.11 Å². The van der Waals surface area contributed by atoms with Gasteiger partial charge in [-0.15, -0.1) is 0 Å². The first-order valence-corrected chi connectivity index (χ1v) is 7.89. The zero-order valence-electron chi connectivity index (χ0n) is 13.5. The summed E-state index contributed by atoms with van der Waals surface area (Å²) < 4.78 is 10.8. The van der Waals surface area contributed by atoms with Crippen molar-refractivity contribution < 1.29 is 14.3 Å². The van der Waals surface area contributed by atoms with Crippen molar-refractivity contribution in [2.24, 2.45) is 0 Å². The van der Waals surface area contributed by atoms with Gasteiger partial charge in [0, 0.05) is 43.9 Å². The molecule has 7 heteroatoms. The monoisotopic (exact) mass is 328 g/mol. The van der Waals surface area contributed by atoms with Gasteiger partial charge in [0.15, 0.2) is 0 Å². The highest BCUT2D eigenvalue weighted by molar-refractivity contribution is 5.89. The molecule has 1 aromatic heterocycles. The number of hydrogen-bond donors (Lipinski definition) is 1. The first-order valence-electron chi connectivity index (χ1n) is 7.89. The fraction of sp³-hybridized carbons (Fsp3) is 0.353. The van der Waals surface area contributed by atoms with Gasteiger partial charge in [-0.3, -0.25) is 0 Å². The Kier molecular flexibility index (Phi) is 5.10. The Bertz CT molecular complexity index is 673. The number of anilines is 1. The van der Waals surface area contributed by atoms with Crippen molar-refractivity contribution in [3.63, 3.8) is 0 Å². The van der Waals surface area contributed by atoms with Gasteiger partial charge < -0.3 is 19.7 Å². The molecule has 1 N–H and O–H groups in total. The van der Waals surface area contributed by atoms with Crippen molar-refractivity contribution in [2.45, 2.75) is 18.9 Å². The number of ether oxygens (including phenoxy) is 2. The molecule has 0 unspecified atom stereocenters. The molecule has 0 bridgehead atoms. The number of carbonyl (C=O) groups excluding carboxylic acids is 1. The summed E-state index contributed by atoms with van der Waals surface area (Å²) in [5.41, 5.74) is 0.800. The number of nitrogens with zero attached hydrogens (tertiary/aromatic N) is 3. The van der Waals surface area contributed by atoms with Gasteiger partial charge in [0.25, 0.3) is 0 Å². The van der Waals surface area contributed by atoms with E-state index >= 15 is 0 Å². The summed E-state index contributed by atoms with van der Waals surface area (Å²) in [5.74, 6) is 0.494. The van der Waals surface area contributed by atoms with Crippen LogP contribution in [0.3, 0.4) is 0 Å². The second-order valence-electron chi connectivity index (χ2n) is 5.48. The van der Waals surface area contributed by atoms with Gasteiger partial charge in [-0.25, -0.2) is 9.78 Å². The molecule has 2 heterocycles. The minimum absolute atomic E-state index is 0.0328. The molecule has 1 fully saturated rings. The molecular weight excluding hydrogens is 308 g/mol. The van der Waals surface area contributed by atoms with Crippen molar-refractivity contribution in [3.8, 4) is 11.9 Å². The van der Waals surface area contributed by atoms with Crippen LogP contribution in [0.15, 0.2) is 42.6 Å². The quantitative estimate of drug-likeness (QED) is 0.933. The smallest absolute Gasteiger partial charge is 0.321 e. The molecule has 3 rings (SSSR count). The fourth-order valence-electron chi connectivity index (χ4n) is 2.56. The molecule has 126 valence electrons. The molecule has 24 heavy (non-hydrogen) atoms.